The Morgan fingerprint density at radius 3 is 2.48 bits per heavy atom. The first kappa shape index (κ1) is 16.0. The number of amides is 1. The molecule has 1 spiro atoms. The summed E-state index contributed by atoms with van der Waals surface area (Å²) in [6.07, 6.45) is 1.28. The van der Waals surface area contributed by atoms with Gasteiger partial charge in [-0.2, -0.15) is 0 Å². The molecule has 2 heterocycles. The zero-order valence-electron chi connectivity index (χ0n) is 13.3. The summed E-state index contributed by atoms with van der Waals surface area (Å²) in [6.45, 7) is 4.72. The summed E-state index contributed by atoms with van der Waals surface area (Å²) < 4.78 is 5.90. The highest BCUT2D eigenvalue weighted by atomic mass is 16.5. The van der Waals surface area contributed by atoms with E-state index in [1.165, 1.54) is 4.90 Å². The van der Waals surface area contributed by atoms with Crippen LogP contribution < -0.4 is 0 Å². The first-order valence-corrected chi connectivity index (χ1v) is 8.05. The van der Waals surface area contributed by atoms with Gasteiger partial charge >= 0.3 is 5.97 Å². The number of aliphatic carboxylic acids is 1. The summed E-state index contributed by atoms with van der Waals surface area (Å²) in [5.74, 6) is -1.27. The summed E-state index contributed by atoms with van der Waals surface area (Å²) in [5, 5.41) is 9.51. The molecule has 6 heteroatoms. The maximum Gasteiger partial charge on any atom is 0.328 e. The van der Waals surface area contributed by atoms with E-state index in [9.17, 15) is 14.7 Å². The van der Waals surface area contributed by atoms with Gasteiger partial charge in [-0.05, 0) is 18.7 Å². The van der Waals surface area contributed by atoms with Crippen LogP contribution in [0.15, 0.2) is 30.3 Å². The summed E-state index contributed by atoms with van der Waals surface area (Å²) in [5.41, 5.74) is -0.289. The van der Waals surface area contributed by atoms with E-state index in [0.717, 1.165) is 19.6 Å². The van der Waals surface area contributed by atoms with Crippen LogP contribution in [-0.2, 0) is 9.53 Å². The number of rotatable bonds is 3. The molecule has 2 fully saturated rings. The first-order valence-electron chi connectivity index (χ1n) is 8.05. The smallest absolute Gasteiger partial charge is 0.328 e. The third-order valence-corrected chi connectivity index (χ3v) is 4.87. The summed E-state index contributed by atoms with van der Waals surface area (Å²) in [6, 6.07) is 7.92. The molecule has 0 unspecified atom stereocenters. The molecule has 2 aliphatic heterocycles. The van der Waals surface area contributed by atoms with Crippen molar-refractivity contribution in [1.29, 1.82) is 0 Å². The highest BCUT2D eigenvalue weighted by Gasteiger charge is 2.53. The molecule has 1 amide bonds. The van der Waals surface area contributed by atoms with Crippen molar-refractivity contribution in [2.75, 3.05) is 26.2 Å². The van der Waals surface area contributed by atoms with Gasteiger partial charge in [0.05, 0.1) is 6.61 Å². The number of nitrogens with zero attached hydrogens (tertiary/aromatic N) is 2. The molecule has 1 aromatic rings. The molecule has 3 rings (SSSR count). The van der Waals surface area contributed by atoms with Crippen molar-refractivity contribution in [1.82, 2.24) is 9.80 Å². The van der Waals surface area contributed by atoms with Gasteiger partial charge in [0.15, 0.2) is 6.04 Å². The normalized spacial score (nSPS) is 24.0. The zero-order chi connectivity index (χ0) is 16.4. The lowest BCUT2D eigenvalue weighted by molar-refractivity contribution is -0.143. The fourth-order valence-electron chi connectivity index (χ4n) is 3.49. The van der Waals surface area contributed by atoms with Gasteiger partial charge in [0.2, 0.25) is 0 Å². The Morgan fingerprint density at radius 1 is 1.26 bits per heavy atom. The lowest BCUT2D eigenvalue weighted by Gasteiger charge is -2.44. The summed E-state index contributed by atoms with van der Waals surface area (Å²) in [7, 11) is 0. The average Bonchev–Trinajstić information content (AvgIpc) is 2.95. The van der Waals surface area contributed by atoms with Crippen LogP contribution in [0.4, 0.5) is 0 Å². The fraction of sp³-hybridized carbons (Fsp3) is 0.529. The number of likely N-dealkylation sites (tertiary alicyclic amines) is 1. The molecule has 2 aliphatic rings. The van der Waals surface area contributed by atoms with E-state index in [1.54, 1.807) is 24.3 Å². The molecule has 6 nitrogen and oxygen atoms in total. The second-order valence-corrected chi connectivity index (χ2v) is 6.09. The molecule has 0 saturated carbocycles. The number of ether oxygens (including phenoxy) is 1. The minimum Gasteiger partial charge on any atom is -0.480 e. The van der Waals surface area contributed by atoms with Crippen molar-refractivity contribution in [2.45, 2.75) is 31.5 Å². The van der Waals surface area contributed by atoms with Crippen LogP contribution in [0.1, 0.15) is 30.1 Å². The van der Waals surface area contributed by atoms with Crippen molar-refractivity contribution >= 4 is 11.9 Å². The molecule has 0 radical (unpaired) electrons. The van der Waals surface area contributed by atoms with Crippen molar-refractivity contribution in [3.05, 3.63) is 35.9 Å². The minimum absolute atomic E-state index is 0.0556. The Morgan fingerprint density at radius 2 is 1.91 bits per heavy atom. The SMILES string of the molecule is CCN1CCC2(CC1)OC[C@H](C(=O)O)N2C(=O)c1ccccc1. The second-order valence-electron chi connectivity index (χ2n) is 6.09. The Labute approximate surface area is 135 Å². The van der Waals surface area contributed by atoms with E-state index in [4.69, 9.17) is 4.74 Å². The maximum atomic E-state index is 13.0. The highest BCUT2D eigenvalue weighted by molar-refractivity contribution is 5.97. The summed E-state index contributed by atoms with van der Waals surface area (Å²) >= 11 is 0. The zero-order valence-corrected chi connectivity index (χ0v) is 13.3. The predicted molar refractivity (Wildman–Crippen MR) is 84.1 cm³/mol. The Balaban J connectivity index is 1.91. The molecular formula is C17H22N2O4. The van der Waals surface area contributed by atoms with Gasteiger partial charge in [-0.15, -0.1) is 0 Å². The van der Waals surface area contributed by atoms with Gasteiger partial charge in [-0.3, -0.25) is 9.69 Å². The van der Waals surface area contributed by atoms with Crippen LogP contribution in [0.3, 0.4) is 0 Å². The molecular weight excluding hydrogens is 296 g/mol. The van der Waals surface area contributed by atoms with Crippen molar-refractivity contribution < 1.29 is 19.4 Å². The van der Waals surface area contributed by atoms with Gasteiger partial charge in [-0.25, -0.2) is 4.79 Å². The van der Waals surface area contributed by atoms with Crippen LogP contribution in [-0.4, -0.2) is 64.8 Å². The molecule has 0 aliphatic carbocycles. The van der Waals surface area contributed by atoms with E-state index in [-0.39, 0.29) is 12.5 Å². The molecule has 2 saturated heterocycles. The number of carbonyl (C=O) groups excluding carboxylic acids is 1. The Hall–Kier alpha value is -1.92. The van der Waals surface area contributed by atoms with Crippen LogP contribution in [0, 0.1) is 0 Å². The number of carboxylic acids is 1. The van der Waals surface area contributed by atoms with E-state index < -0.39 is 17.7 Å². The first-order chi connectivity index (χ1) is 11.1. The topological polar surface area (TPSA) is 70.1 Å². The monoisotopic (exact) mass is 318 g/mol. The third kappa shape index (κ3) is 2.84. The van der Waals surface area contributed by atoms with Crippen molar-refractivity contribution in [3.8, 4) is 0 Å². The highest BCUT2D eigenvalue weighted by Crippen LogP contribution is 2.38. The molecule has 1 atom stereocenters. The average molecular weight is 318 g/mol. The molecule has 0 bridgehead atoms. The van der Waals surface area contributed by atoms with Gasteiger partial charge in [0.1, 0.15) is 5.72 Å². The quantitative estimate of drug-likeness (QED) is 0.913. The minimum atomic E-state index is -1.01. The van der Waals surface area contributed by atoms with Gasteiger partial charge in [0.25, 0.3) is 5.91 Å². The predicted octanol–water partition coefficient (Wildman–Crippen LogP) is 1.42. The number of hydrogen-bond donors (Lipinski definition) is 1. The van der Waals surface area contributed by atoms with Crippen LogP contribution in [0.25, 0.3) is 0 Å². The lowest BCUT2D eigenvalue weighted by atomic mass is 9.97. The van der Waals surface area contributed by atoms with Crippen LogP contribution >= 0.6 is 0 Å². The molecule has 23 heavy (non-hydrogen) atoms. The second kappa shape index (κ2) is 6.29. The van der Waals surface area contributed by atoms with E-state index in [2.05, 4.69) is 11.8 Å². The number of piperidine rings is 1. The number of carbonyl (C=O) groups is 2. The molecule has 1 aromatic carbocycles. The fourth-order valence-corrected chi connectivity index (χ4v) is 3.49. The Kier molecular flexibility index (Phi) is 4.37. The van der Waals surface area contributed by atoms with Gasteiger partial charge in [-0.1, -0.05) is 25.1 Å². The largest absolute Gasteiger partial charge is 0.480 e. The third-order valence-electron chi connectivity index (χ3n) is 4.87. The van der Waals surface area contributed by atoms with Crippen molar-refractivity contribution in [3.63, 3.8) is 0 Å². The van der Waals surface area contributed by atoms with Gasteiger partial charge in [0, 0.05) is 31.5 Å². The molecule has 0 aromatic heterocycles. The number of benzene rings is 1. The van der Waals surface area contributed by atoms with E-state index in [1.807, 2.05) is 6.07 Å². The molecule has 1 N–H and O–H groups in total. The standard InChI is InChI=1S/C17H22N2O4/c1-2-18-10-8-17(9-11-18)19(14(12-23-17)16(21)22)15(20)13-6-4-3-5-7-13/h3-7,14H,2,8-12H2,1H3,(H,21,22)/t14-/m1/s1. The van der Waals surface area contributed by atoms with E-state index in [0.29, 0.717) is 18.4 Å². The lowest BCUT2D eigenvalue weighted by Crippen LogP contribution is -2.58. The van der Waals surface area contributed by atoms with Crippen LogP contribution in [0.5, 0.6) is 0 Å². The van der Waals surface area contributed by atoms with Crippen LogP contribution in [0.2, 0.25) is 0 Å². The summed E-state index contributed by atoms with van der Waals surface area (Å²) in [4.78, 5) is 28.3. The maximum absolute atomic E-state index is 13.0. The number of carboxylic acid groups (broad SMARTS) is 1. The molecule has 124 valence electrons. The Bertz CT molecular complexity index is 582. The van der Waals surface area contributed by atoms with E-state index >= 15 is 0 Å². The van der Waals surface area contributed by atoms with Gasteiger partial charge < -0.3 is 14.7 Å². The van der Waals surface area contributed by atoms with Crippen molar-refractivity contribution in [2.24, 2.45) is 0 Å². The number of hydrogen-bond acceptors (Lipinski definition) is 4.